The number of esters is 1. The Labute approximate surface area is 95.2 Å². The molecule has 1 atom stereocenters. The molecule has 0 bridgehead atoms. The van der Waals surface area contributed by atoms with Crippen LogP contribution in [0.3, 0.4) is 0 Å². The fourth-order valence-corrected chi connectivity index (χ4v) is 1.52. The van der Waals surface area contributed by atoms with Gasteiger partial charge in [-0.05, 0) is 13.3 Å². The SMILES string of the molecule is CCCC/C=C/C1=C(C)C(O)(CO)OC1=O. The minimum Gasteiger partial charge on any atom is -0.423 e. The van der Waals surface area contributed by atoms with Gasteiger partial charge >= 0.3 is 5.97 Å². The van der Waals surface area contributed by atoms with E-state index in [0.29, 0.717) is 11.1 Å². The Morgan fingerprint density at radius 3 is 2.69 bits per heavy atom. The lowest BCUT2D eigenvalue weighted by atomic mass is 10.0. The number of carbonyl (C=O) groups is 1. The molecule has 4 heteroatoms. The highest BCUT2D eigenvalue weighted by Gasteiger charge is 2.42. The molecule has 90 valence electrons. The lowest BCUT2D eigenvalue weighted by molar-refractivity contribution is -0.192. The highest BCUT2D eigenvalue weighted by molar-refractivity contribution is 5.95. The maximum absolute atomic E-state index is 11.4. The van der Waals surface area contributed by atoms with Gasteiger partial charge in [-0.1, -0.05) is 31.9 Å². The van der Waals surface area contributed by atoms with E-state index in [1.807, 2.05) is 6.08 Å². The van der Waals surface area contributed by atoms with Crippen LogP contribution in [0.2, 0.25) is 0 Å². The molecule has 0 radical (unpaired) electrons. The molecular weight excluding hydrogens is 208 g/mol. The topological polar surface area (TPSA) is 66.8 Å². The maximum Gasteiger partial charge on any atom is 0.341 e. The van der Waals surface area contributed by atoms with E-state index in [-0.39, 0.29) is 0 Å². The second-order valence-corrected chi connectivity index (χ2v) is 3.92. The molecule has 0 amide bonds. The van der Waals surface area contributed by atoms with Crippen molar-refractivity contribution in [2.24, 2.45) is 0 Å². The van der Waals surface area contributed by atoms with Crippen LogP contribution in [0.1, 0.15) is 33.1 Å². The zero-order valence-corrected chi connectivity index (χ0v) is 9.69. The summed E-state index contributed by atoms with van der Waals surface area (Å²) >= 11 is 0. The van der Waals surface area contributed by atoms with Gasteiger partial charge in [-0.15, -0.1) is 0 Å². The van der Waals surface area contributed by atoms with Crippen molar-refractivity contribution < 1.29 is 19.7 Å². The lowest BCUT2D eigenvalue weighted by Gasteiger charge is -2.19. The Morgan fingerprint density at radius 2 is 2.19 bits per heavy atom. The summed E-state index contributed by atoms with van der Waals surface area (Å²) in [6.07, 6.45) is 6.57. The highest BCUT2D eigenvalue weighted by Crippen LogP contribution is 2.30. The molecule has 0 fully saturated rings. The first-order chi connectivity index (χ1) is 7.55. The minimum atomic E-state index is -1.83. The number of allylic oxidation sites excluding steroid dienone is 1. The fourth-order valence-electron chi connectivity index (χ4n) is 1.52. The third-order valence-electron chi connectivity index (χ3n) is 2.69. The second kappa shape index (κ2) is 5.27. The fraction of sp³-hybridized carbons (Fsp3) is 0.583. The van der Waals surface area contributed by atoms with Crippen molar-refractivity contribution in [2.45, 2.75) is 38.9 Å². The number of cyclic esters (lactones) is 1. The van der Waals surface area contributed by atoms with Crippen molar-refractivity contribution in [3.63, 3.8) is 0 Å². The van der Waals surface area contributed by atoms with Crippen molar-refractivity contribution in [2.75, 3.05) is 6.61 Å². The largest absolute Gasteiger partial charge is 0.423 e. The second-order valence-electron chi connectivity index (χ2n) is 3.92. The summed E-state index contributed by atoms with van der Waals surface area (Å²) in [5, 5.41) is 18.7. The van der Waals surface area contributed by atoms with Gasteiger partial charge in [-0.25, -0.2) is 4.79 Å². The summed E-state index contributed by atoms with van der Waals surface area (Å²) in [6, 6.07) is 0. The summed E-state index contributed by atoms with van der Waals surface area (Å²) in [5.74, 6) is -2.41. The number of aliphatic hydroxyl groups is 2. The molecule has 2 N–H and O–H groups in total. The Kier molecular flexibility index (Phi) is 4.26. The summed E-state index contributed by atoms with van der Waals surface area (Å²) < 4.78 is 4.72. The Hall–Kier alpha value is -1.13. The standard InChI is InChI=1S/C12H18O4/c1-3-4-5-6-7-10-9(2)12(15,8-13)16-11(10)14/h6-7,13,15H,3-5,8H2,1-2H3/b7-6+. The van der Waals surface area contributed by atoms with E-state index in [0.717, 1.165) is 19.3 Å². The third kappa shape index (κ3) is 2.51. The molecule has 1 rings (SSSR count). The van der Waals surface area contributed by atoms with Gasteiger partial charge in [0.2, 0.25) is 0 Å². The predicted molar refractivity (Wildman–Crippen MR) is 59.5 cm³/mol. The number of unbranched alkanes of at least 4 members (excludes halogenated alkanes) is 2. The van der Waals surface area contributed by atoms with Crippen LogP contribution in [0.25, 0.3) is 0 Å². The minimum absolute atomic E-state index is 0.340. The molecule has 0 saturated heterocycles. The molecule has 1 aliphatic heterocycles. The van der Waals surface area contributed by atoms with Crippen LogP contribution in [0, 0.1) is 0 Å². The molecule has 0 aromatic heterocycles. The predicted octanol–water partition coefficient (Wildman–Crippen LogP) is 1.29. The average molecular weight is 226 g/mol. The number of carbonyl (C=O) groups excluding carboxylic acids is 1. The molecular formula is C12H18O4. The molecule has 1 aliphatic rings. The zero-order chi connectivity index (χ0) is 12.2. The number of aliphatic hydroxyl groups excluding tert-OH is 1. The van der Waals surface area contributed by atoms with E-state index in [2.05, 4.69) is 6.92 Å². The van der Waals surface area contributed by atoms with Crippen molar-refractivity contribution >= 4 is 5.97 Å². The quantitative estimate of drug-likeness (QED) is 0.547. The van der Waals surface area contributed by atoms with Gasteiger partial charge in [-0.2, -0.15) is 0 Å². The number of ether oxygens (including phenoxy) is 1. The van der Waals surface area contributed by atoms with E-state index in [1.54, 1.807) is 13.0 Å². The van der Waals surface area contributed by atoms with Gasteiger partial charge in [0.15, 0.2) is 0 Å². The van der Waals surface area contributed by atoms with Crippen LogP contribution < -0.4 is 0 Å². The third-order valence-corrected chi connectivity index (χ3v) is 2.69. The first-order valence-electron chi connectivity index (χ1n) is 5.49. The van der Waals surface area contributed by atoms with Crippen LogP contribution in [0.4, 0.5) is 0 Å². The van der Waals surface area contributed by atoms with E-state index < -0.39 is 18.4 Å². The van der Waals surface area contributed by atoms with E-state index >= 15 is 0 Å². The first-order valence-corrected chi connectivity index (χ1v) is 5.49. The number of rotatable bonds is 5. The molecule has 0 aromatic rings. The van der Waals surface area contributed by atoms with Crippen LogP contribution in [-0.2, 0) is 9.53 Å². The van der Waals surface area contributed by atoms with Crippen LogP contribution >= 0.6 is 0 Å². The normalized spacial score (nSPS) is 25.6. The van der Waals surface area contributed by atoms with Gasteiger partial charge in [-0.3, -0.25) is 0 Å². The molecule has 4 nitrogen and oxygen atoms in total. The summed E-state index contributed by atoms with van der Waals surface area (Å²) in [5.41, 5.74) is 0.709. The monoisotopic (exact) mass is 226 g/mol. The molecule has 0 aromatic carbocycles. The van der Waals surface area contributed by atoms with E-state index in [4.69, 9.17) is 9.84 Å². The summed E-state index contributed by atoms with van der Waals surface area (Å²) in [6.45, 7) is 3.06. The van der Waals surface area contributed by atoms with Gasteiger partial charge in [0, 0.05) is 5.57 Å². The summed E-state index contributed by atoms with van der Waals surface area (Å²) in [4.78, 5) is 11.4. The maximum atomic E-state index is 11.4. The highest BCUT2D eigenvalue weighted by atomic mass is 16.7. The molecule has 0 saturated carbocycles. The van der Waals surface area contributed by atoms with Crippen molar-refractivity contribution in [3.8, 4) is 0 Å². The van der Waals surface area contributed by atoms with Gasteiger partial charge in [0.1, 0.15) is 6.61 Å². The molecule has 1 heterocycles. The lowest BCUT2D eigenvalue weighted by Crippen LogP contribution is -2.35. The molecule has 1 unspecified atom stereocenters. The van der Waals surface area contributed by atoms with Gasteiger partial charge < -0.3 is 14.9 Å². The number of hydrogen-bond acceptors (Lipinski definition) is 4. The molecule has 0 aliphatic carbocycles. The summed E-state index contributed by atoms with van der Waals surface area (Å²) in [7, 11) is 0. The first kappa shape index (κ1) is 12.9. The Balaban J connectivity index is 2.78. The van der Waals surface area contributed by atoms with Crippen LogP contribution in [-0.4, -0.2) is 28.6 Å². The van der Waals surface area contributed by atoms with E-state index in [9.17, 15) is 9.90 Å². The molecule has 16 heavy (non-hydrogen) atoms. The van der Waals surface area contributed by atoms with Gasteiger partial charge in [0.25, 0.3) is 5.79 Å². The van der Waals surface area contributed by atoms with Crippen LogP contribution in [0.5, 0.6) is 0 Å². The smallest absolute Gasteiger partial charge is 0.341 e. The van der Waals surface area contributed by atoms with Crippen molar-refractivity contribution in [1.29, 1.82) is 0 Å². The van der Waals surface area contributed by atoms with E-state index in [1.165, 1.54) is 0 Å². The van der Waals surface area contributed by atoms with Crippen molar-refractivity contribution in [1.82, 2.24) is 0 Å². The van der Waals surface area contributed by atoms with Gasteiger partial charge in [0.05, 0.1) is 5.57 Å². The Bertz CT molecular complexity index is 330. The Morgan fingerprint density at radius 1 is 1.50 bits per heavy atom. The molecule has 0 spiro atoms. The zero-order valence-electron chi connectivity index (χ0n) is 9.69. The average Bonchev–Trinajstić information content (AvgIpc) is 2.48. The number of hydrogen-bond donors (Lipinski definition) is 2. The van der Waals surface area contributed by atoms with Crippen LogP contribution in [0.15, 0.2) is 23.3 Å². The van der Waals surface area contributed by atoms with Crippen molar-refractivity contribution in [3.05, 3.63) is 23.3 Å².